The third kappa shape index (κ3) is 3.40. The van der Waals surface area contributed by atoms with Crippen molar-refractivity contribution in [1.29, 1.82) is 0 Å². The molecule has 22 heavy (non-hydrogen) atoms. The van der Waals surface area contributed by atoms with Gasteiger partial charge in [0, 0.05) is 25.2 Å². The molecule has 118 valence electrons. The number of hydrogen-bond donors (Lipinski definition) is 0. The number of piperidine rings is 1. The Labute approximate surface area is 135 Å². The summed E-state index contributed by atoms with van der Waals surface area (Å²) < 4.78 is 2.10. The summed E-state index contributed by atoms with van der Waals surface area (Å²) in [6.07, 6.45) is 3.63. The summed E-state index contributed by atoms with van der Waals surface area (Å²) in [6.45, 7) is 5.80. The van der Waals surface area contributed by atoms with Gasteiger partial charge in [0.15, 0.2) is 0 Å². The molecule has 5 heteroatoms. The number of nitrogens with zero attached hydrogens (tertiary/aromatic N) is 3. The largest absolute Gasteiger partial charge is 0.341 e. The monoisotopic (exact) mass is 317 g/mol. The van der Waals surface area contributed by atoms with Crippen LogP contribution in [-0.2, 0) is 11.2 Å². The third-order valence-electron chi connectivity index (χ3n) is 4.35. The van der Waals surface area contributed by atoms with E-state index in [1.165, 1.54) is 11.3 Å². The predicted molar refractivity (Wildman–Crippen MR) is 89.2 cm³/mol. The first-order valence-corrected chi connectivity index (χ1v) is 8.89. The molecule has 2 aromatic heterocycles. The first-order chi connectivity index (χ1) is 10.6. The van der Waals surface area contributed by atoms with Gasteiger partial charge >= 0.3 is 0 Å². The smallest absolute Gasteiger partial charge is 0.222 e. The highest BCUT2D eigenvalue weighted by molar-refractivity contribution is 7.07. The summed E-state index contributed by atoms with van der Waals surface area (Å²) in [5.74, 6) is 0.275. The zero-order valence-electron chi connectivity index (χ0n) is 13.3. The van der Waals surface area contributed by atoms with Crippen LogP contribution in [0.1, 0.15) is 42.3 Å². The minimum Gasteiger partial charge on any atom is -0.341 e. The molecular weight excluding hydrogens is 294 g/mol. The second-order valence-electron chi connectivity index (χ2n) is 6.14. The van der Waals surface area contributed by atoms with Crippen LogP contribution in [0, 0.1) is 13.8 Å². The minimum atomic E-state index is 0.275. The Hall–Kier alpha value is -1.62. The molecule has 0 saturated carbocycles. The highest BCUT2D eigenvalue weighted by Crippen LogP contribution is 2.23. The summed E-state index contributed by atoms with van der Waals surface area (Å²) in [5.41, 5.74) is 3.51. The molecule has 0 aliphatic carbocycles. The maximum atomic E-state index is 12.5. The van der Waals surface area contributed by atoms with Gasteiger partial charge in [0.05, 0.1) is 11.7 Å². The maximum Gasteiger partial charge on any atom is 0.222 e. The zero-order valence-corrected chi connectivity index (χ0v) is 14.1. The molecule has 1 amide bonds. The van der Waals surface area contributed by atoms with Crippen LogP contribution >= 0.6 is 11.3 Å². The topological polar surface area (TPSA) is 38.1 Å². The van der Waals surface area contributed by atoms with Crippen molar-refractivity contribution in [3.05, 3.63) is 39.8 Å². The number of likely N-dealkylation sites (tertiary alicyclic amines) is 1. The second kappa shape index (κ2) is 6.65. The Morgan fingerprint density at radius 3 is 3.00 bits per heavy atom. The van der Waals surface area contributed by atoms with Gasteiger partial charge in [-0.3, -0.25) is 9.48 Å². The van der Waals surface area contributed by atoms with E-state index in [4.69, 9.17) is 0 Å². The number of aryl methyl sites for hydroxylation is 3. The van der Waals surface area contributed by atoms with Gasteiger partial charge in [0.2, 0.25) is 5.91 Å². The fourth-order valence-corrected chi connectivity index (χ4v) is 3.94. The molecule has 0 radical (unpaired) electrons. The molecule has 1 aliphatic rings. The molecule has 1 fully saturated rings. The van der Waals surface area contributed by atoms with Crippen LogP contribution in [0.25, 0.3) is 0 Å². The lowest BCUT2D eigenvalue weighted by Gasteiger charge is -2.33. The number of rotatable bonds is 4. The van der Waals surface area contributed by atoms with E-state index < -0.39 is 0 Å². The number of amides is 1. The van der Waals surface area contributed by atoms with E-state index in [1.807, 2.05) is 11.8 Å². The normalized spacial score (nSPS) is 18.6. The van der Waals surface area contributed by atoms with E-state index in [-0.39, 0.29) is 5.91 Å². The van der Waals surface area contributed by atoms with Crippen molar-refractivity contribution in [3.8, 4) is 0 Å². The van der Waals surface area contributed by atoms with Gasteiger partial charge in [-0.25, -0.2) is 0 Å². The van der Waals surface area contributed by atoms with Gasteiger partial charge in [-0.15, -0.1) is 0 Å². The van der Waals surface area contributed by atoms with Crippen LogP contribution < -0.4 is 0 Å². The van der Waals surface area contributed by atoms with Crippen LogP contribution in [0.5, 0.6) is 0 Å². The molecular formula is C17H23N3OS. The predicted octanol–water partition coefficient (Wildman–Crippen LogP) is 3.36. The van der Waals surface area contributed by atoms with E-state index >= 15 is 0 Å². The summed E-state index contributed by atoms with van der Waals surface area (Å²) in [5, 5.41) is 8.79. The summed E-state index contributed by atoms with van der Waals surface area (Å²) in [7, 11) is 0. The average Bonchev–Trinajstić information content (AvgIpc) is 3.14. The summed E-state index contributed by atoms with van der Waals surface area (Å²) in [4.78, 5) is 14.5. The summed E-state index contributed by atoms with van der Waals surface area (Å²) >= 11 is 1.69. The molecule has 4 nitrogen and oxygen atoms in total. The average molecular weight is 317 g/mol. The van der Waals surface area contributed by atoms with E-state index in [2.05, 4.69) is 39.6 Å². The second-order valence-corrected chi connectivity index (χ2v) is 6.92. The first kappa shape index (κ1) is 15.3. The number of carbonyl (C=O) groups excluding carboxylic acids is 1. The molecule has 1 saturated heterocycles. The lowest BCUT2D eigenvalue weighted by molar-refractivity contribution is -0.132. The number of thiophene rings is 1. The fourth-order valence-electron chi connectivity index (χ4n) is 3.24. The minimum absolute atomic E-state index is 0.275. The number of carbonyl (C=O) groups is 1. The van der Waals surface area contributed by atoms with Crippen molar-refractivity contribution in [2.75, 3.05) is 13.1 Å². The van der Waals surface area contributed by atoms with Crippen molar-refractivity contribution >= 4 is 17.2 Å². The fraction of sp³-hybridized carbons (Fsp3) is 0.529. The van der Waals surface area contributed by atoms with E-state index in [0.717, 1.165) is 38.0 Å². The maximum absolute atomic E-state index is 12.5. The van der Waals surface area contributed by atoms with Gasteiger partial charge in [-0.2, -0.15) is 16.4 Å². The van der Waals surface area contributed by atoms with Gasteiger partial charge in [-0.1, -0.05) is 0 Å². The zero-order chi connectivity index (χ0) is 15.5. The van der Waals surface area contributed by atoms with Crippen molar-refractivity contribution in [2.24, 2.45) is 0 Å². The molecule has 0 aromatic carbocycles. The molecule has 3 heterocycles. The van der Waals surface area contributed by atoms with Crippen LogP contribution in [0.15, 0.2) is 22.9 Å². The highest BCUT2D eigenvalue weighted by Gasteiger charge is 2.25. The lowest BCUT2D eigenvalue weighted by Crippen LogP contribution is -2.41. The Balaban J connectivity index is 1.60. The van der Waals surface area contributed by atoms with Crippen molar-refractivity contribution < 1.29 is 4.79 Å². The Bertz CT molecular complexity index is 632. The Morgan fingerprint density at radius 2 is 2.32 bits per heavy atom. The molecule has 0 N–H and O–H groups in total. The van der Waals surface area contributed by atoms with Crippen molar-refractivity contribution in [3.63, 3.8) is 0 Å². The SMILES string of the molecule is Cc1cc(C)n([C@@H]2CCCN(C(=O)CCc3ccsc3)C2)n1. The van der Waals surface area contributed by atoms with Gasteiger partial charge < -0.3 is 4.90 Å². The van der Waals surface area contributed by atoms with Gasteiger partial charge in [0.1, 0.15) is 0 Å². The quantitative estimate of drug-likeness (QED) is 0.867. The van der Waals surface area contributed by atoms with Gasteiger partial charge in [0.25, 0.3) is 0 Å². The number of hydrogen-bond acceptors (Lipinski definition) is 3. The van der Waals surface area contributed by atoms with E-state index in [0.29, 0.717) is 12.5 Å². The van der Waals surface area contributed by atoms with E-state index in [9.17, 15) is 4.79 Å². The summed E-state index contributed by atoms with van der Waals surface area (Å²) in [6, 6.07) is 4.54. The molecule has 1 aliphatic heterocycles. The first-order valence-electron chi connectivity index (χ1n) is 7.95. The molecule has 0 spiro atoms. The number of aromatic nitrogens is 2. The Morgan fingerprint density at radius 1 is 1.45 bits per heavy atom. The van der Waals surface area contributed by atoms with Crippen LogP contribution in [0.2, 0.25) is 0 Å². The molecule has 2 aromatic rings. The van der Waals surface area contributed by atoms with Crippen molar-refractivity contribution in [2.45, 2.75) is 45.6 Å². The third-order valence-corrected chi connectivity index (χ3v) is 5.08. The molecule has 1 atom stereocenters. The van der Waals surface area contributed by atoms with Crippen LogP contribution in [0.4, 0.5) is 0 Å². The van der Waals surface area contributed by atoms with E-state index in [1.54, 1.807) is 11.3 Å². The van der Waals surface area contributed by atoms with Gasteiger partial charge in [-0.05, 0) is 61.6 Å². The van der Waals surface area contributed by atoms with Crippen LogP contribution in [-0.4, -0.2) is 33.7 Å². The highest BCUT2D eigenvalue weighted by atomic mass is 32.1. The molecule has 0 bridgehead atoms. The Kier molecular flexibility index (Phi) is 4.62. The van der Waals surface area contributed by atoms with Crippen LogP contribution in [0.3, 0.4) is 0 Å². The van der Waals surface area contributed by atoms with Crippen molar-refractivity contribution in [1.82, 2.24) is 14.7 Å². The standard InChI is InChI=1S/C17H23N3OS/c1-13-10-14(2)20(18-13)16-4-3-8-19(11-16)17(21)6-5-15-7-9-22-12-15/h7,9-10,12,16H,3-6,8,11H2,1-2H3/t16-/m1/s1. The molecule has 0 unspecified atom stereocenters. The lowest BCUT2D eigenvalue weighted by atomic mass is 10.0. The molecule has 3 rings (SSSR count).